The predicted molar refractivity (Wildman–Crippen MR) is 124 cm³/mol. The third-order valence-corrected chi connectivity index (χ3v) is 6.25. The third-order valence-electron chi connectivity index (χ3n) is 6.25. The van der Waals surface area contributed by atoms with E-state index < -0.39 is 12.0 Å². The minimum Gasteiger partial charge on any atom is -0.466 e. The second kappa shape index (κ2) is 11.3. The Hall–Kier alpha value is -2.87. The van der Waals surface area contributed by atoms with Crippen molar-refractivity contribution in [2.45, 2.75) is 46.6 Å². The van der Waals surface area contributed by atoms with Crippen LogP contribution in [0.3, 0.4) is 0 Å². The Labute approximate surface area is 195 Å². The highest BCUT2D eigenvalue weighted by Gasteiger charge is 2.39. The summed E-state index contributed by atoms with van der Waals surface area (Å²) in [6.45, 7) is 10.1. The lowest BCUT2D eigenvalue weighted by Crippen LogP contribution is -2.52. The molecule has 2 amide bonds. The second-order valence-corrected chi connectivity index (χ2v) is 8.39. The number of ether oxygens (including phenoxy) is 2. The van der Waals surface area contributed by atoms with Gasteiger partial charge in [-0.15, -0.1) is 0 Å². The van der Waals surface area contributed by atoms with Crippen molar-refractivity contribution >= 4 is 18.0 Å². The van der Waals surface area contributed by atoms with E-state index in [9.17, 15) is 14.4 Å². The van der Waals surface area contributed by atoms with Crippen molar-refractivity contribution in [3.63, 3.8) is 0 Å². The number of hydrogen-bond donors (Lipinski definition) is 1. The Bertz CT molecular complexity index is 913. The van der Waals surface area contributed by atoms with Crippen LogP contribution in [0.1, 0.15) is 50.8 Å². The highest BCUT2D eigenvalue weighted by Crippen LogP contribution is 2.34. The fourth-order valence-corrected chi connectivity index (χ4v) is 4.67. The van der Waals surface area contributed by atoms with Gasteiger partial charge in [-0.25, -0.2) is 9.59 Å². The van der Waals surface area contributed by atoms with Gasteiger partial charge in [0.25, 0.3) is 0 Å². The van der Waals surface area contributed by atoms with Crippen molar-refractivity contribution in [3.05, 3.63) is 46.7 Å². The van der Waals surface area contributed by atoms with E-state index in [1.807, 2.05) is 38.1 Å². The van der Waals surface area contributed by atoms with Gasteiger partial charge in [-0.05, 0) is 58.2 Å². The third kappa shape index (κ3) is 5.55. The zero-order valence-electron chi connectivity index (χ0n) is 20.1. The normalized spacial score (nSPS) is 21.6. The number of piperidine rings is 1. The van der Waals surface area contributed by atoms with Gasteiger partial charge in [0.1, 0.15) is 0 Å². The lowest BCUT2D eigenvalue weighted by Gasteiger charge is -2.40. The molecule has 1 saturated heterocycles. The molecule has 0 aromatic heterocycles. The number of esters is 2. The molecule has 33 heavy (non-hydrogen) atoms. The first-order valence-corrected chi connectivity index (χ1v) is 11.8. The fourth-order valence-electron chi connectivity index (χ4n) is 4.67. The van der Waals surface area contributed by atoms with Crippen LogP contribution in [0, 0.1) is 12.8 Å². The van der Waals surface area contributed by atoms with Gasteiger partial charge in [-0.1, -0.05) is 24.3 Å². The molecule has 180 valence electrons. The summed E-state index contributed by atoms with van der Waals surface area (Å²) in [6, 6.07) is 6.88. The van der Waals surface area contributed by atoms with Crippen molar-refractivity contribution in [1.29, 1.82) is 0 Å². The molecule has 8 nitrogen and oxygen atoms in total. The summed E-state index contributed by atoms with van der Waals surface area (Å²) in [5, 5.41) is 3.01. The summed E-state index contributed by atoms with van der Waals surface area (Å²) in [4.78, 5) is 42.4. The molecule has 0 aliphatic carbocycles. The number of rotatable bonds is 8. The van der Waals surface area contributed by atoms with Crippen molar-refractivity contribution in [2.75, 3.05) is 39.4 Å². The predicted octanol–water partition coefficient (Wildman–Crippen LogP) is 3.17. The van der Waals surface area contributed by atoms with Gasteiger partial charge >= 0.3 is 18.0 Å². The first-order chi connectivity index (χ1) is 15.9. The van der Waals surface area contributed by atoms with Crippen LogP contribution >= 0.6 is 0 Å². The molecular formula is C25H35N3O5. The van der Waals surface area contributed by atoms with Crippen LogP contribution in [-0.4, -0.2) is 67.2 Å². The highest BCUT2D eigenvalue weighted by atomic mass is 16.5. The zero-order chi connectivity index (χ0) is 24.0. The van der Waals surface area contributed by atoms with E-state index in [1.54, 1.807) is 18.7 Å². The minimum atomic E-state index is -0.596. The molecule has 2 atom stereocenters. The second-order valence-electron chi connectivity index (χ2n) is 8.39. The summed E-state index contributed by atoms with van der Waals surface area (Å²) in [5.41, 5.74) is 2.93. The summed E-state index contributed by atoms with van der Waals surface area (Å²) < 4.78 is 10.7. The zero-order valence-corrected chi connectivity index (χ0v) is 20.1. The van der Waals surface area contributed by atoms with E-state index in [0.29, 0.717) is 37.5 Å². The first-order valence-electron chi connectivity index (χ1n) is 11.8. The van der Waals surface area contributed by atoms with E-state index in [2.05, 4.69) is 10.2 Å². The molecule has 0 spiro atoms. The minimum absolute atomic E-state index is 0.187. The maximum Gasteiger partial charge on any atom is 0.338 e. The molecule has 0 unspecified atom stereocenters. The monoisotopic (exact) mass is 457 g/mol. The van der Waals surface area contributed by atoms with Gasteiger partial charge in [0.05, 0.1) is 30.7 Å². The Morgan fingerprint density at radius 3 is 2.52 bits per heavy atom. The SMILES string of the molecule is CCOC(=O)C1=C(CN2CCC[C@@H](C(=O)OCC)C2)N(CC)C(=O)N[C@@H]1c1ccccc1C. The largest absolute Gasteiger partial charge is 0.466 e. The Kier molecular flexibility index (Phi) is 8.49. The van der Waals surface area contributed by atoms with Crippen molar-refractivity contribution in [3.8, 4) is 0 Å². The molecule has 2 aliphatic rings. The van der Waals surface area contributed by atoms with Gasteiger partial charge in [0.15, 0.2) is 0 Å². The summed E-state index contributed by atoms with van der Waals surface area (Å²) >= 11 is 0. The van der Waals surface area contributed by atoms with Crippen LogP contribution in [-0.2, 0) is 19.1 Å². The highest BCUT2D eigenvalue weighted by molar-refractivity contribution is 5.95. The van der Waals surface area contributed by atoms with Gasteiger partial charge in [-0.2, -0.15) is 0 Å². The molecule has 1 fully saturated rings. The van der Waals surface area contributed by atoms with E-state index in [1.165, 1.54) is 0 Å². The van der Waals surface area contributed by atoms with Crippen molar-refractivity contribution < 1.29 is 23.9 Å². The van der Waals surface area contributed by atoms with Crippen LogP contribution in [0.2, 0.25) is 0 Å². The summed E-state index contributed by atoms with van der Waals surface area (Å²) in [7, 11) is 0. The molecule has 0 radical (unpaired) electrons. The van der Waals surface area contributed by atoms with Crippen LogP contribution in [0.4, 0.5) is 4.79 Å². The van der Waals surface area contributed by atoms with Gasteiger partial charge < -0.3 is 14.8 Å². The van der Waals surface area contributed by atoms with E-state index in [4.69, 9.17) is 9.47 Å². The van der Waals surface area contributed by atoms with Gasteiger partial charge in [0, 0.05) is 25.3 Å². The molecule has 1 aromatic carbocycles. The number of carbonyl (C=O) groups is 3. The molecule has 1 N–H and O–H groups in total. The van der Waals surface area contributed by atoms with Crippen LogP contribution in [0.15, 0.2) is 35.5 Å². The van der Waals surface area contributed by atoms with Crippen molar-refractivity contribution in [2.24, 2.45) is 5.92 Å². The molecule has 8 heteroatoms. The summed E-state index contributed by atoms with van der Waals surface area (Å²) in [6.07, 6.45) is 1.63. The topological polar surface area (TPSA) is 88.2 Å². The number of nitrogens with one attached hydrogen (secondary N) is 1. The number of likely N-dealkylation sites (N-methyl/N-ethyl adjacent to an activating group) is 1. The molecule has 0 saturated carbocycles. The van der Waals surface area contributed by atoms with Gasteiger partial charge in [0.2, 0.25) is 0 Å². The Morgan fingerprint density at radius 1 is 1.12 bits per heavy atom. The maximum atomic E-state index is 13.2. The molecule has 2 aliphatic heterocycles. The summed E-state index contributed by atoms with van der Waals surface area (Å²) in [5.74, 6) is -0.823. The van der Waals surface area contributed by atoms with E-state index >= 15 is 0 Å². The Morgan fingerprint density at radius 2 is 1.85 bits per heavy atom. The average molecular weight is 458 g/mol. The van der Waals surface area contributed by atoms with Crippen molar-refractivity contribution in [1.82, 2.24) is 15.1 Å². The van der Waals surface area contributed by atoms with Crippen LogP contribution in [0.25, 0.3) is 0 Å². The lowest BCUT2D eigenvalue weighted by molar-refractivity contribution is -0.150. The number of likely N-dealkylation sites (tertiary alicyclic amines) is 1. The number of aryl methyl sites for hydroxylation is 1. The quantitative estimate of drug-likeness (QED) is 0.604. The number of urea groups is 1. The molecule has 2 heterocycles. The Balaban J connectivity index is 2.02. The molecule has 0 bridgehead atoms. The molecular weight excluding hydrogens is 422 g/mol. The number of hydrogen-bond acceptors (Lipinski definition) is 6. The number of carbonyl (C=O) groups excluding carboxylic acids is 3. The number of amides is 2. The molecule has 1 aromatic rings. The smallest absolute Gasteiger partial charge is 0.338 e. The van der Waals surface area contributed by atoms with E-state index in [-0.39, 0.29) is 24.5 Å². The lowest BCUT2D eigenvalue weighted by atomic mass is 9.91. The van der Waals surface area contributed by atoms with Crippen LogP contribution < -0.4 is 5.32 Å². The number of benzene rings is 1. The van der Waals surface area contributed by atoms with Gasteiger partial charge in [-0.3, -0.25) is 14.6 Å². The maximum absolute atomic E-state index is 13.2. The first kappa shape index (κ1) is 24.8. The van der Waals surface area contributed by atoms with Crippen LogP contribution in [0.5, 0.6) is 0 Å². The average Bonchev–Trinajstić information content (AvgIpc) is 2.79. The standard InChI is InChI=1S/C25H35N3O5/c1-5-28-20(16-27-14-10-12-18(15-27)23(29)32-6-2)21(24(30)33-7-3)22(26-25(28)31)19-13-9-8-11-17(19)4/h8-9,11,13,18,22H,5-7,10,12,14-16H2,1-4H3,(H,26,31)/t18-,22-/m1/s1. The molecule has 3 rings (SSSR count). The number of nitrogens with zero attached hydrogens (tertiary/aromatic N) is 2. The van der Waals surface area contributed by atoms with E-state index in [0.717, 1.165) is 30.5 Å². The fraction of sp³-hybridized carbons (Fsp3) is 0.560.